The summed E-state index contributed by atoms with van der Waals surface area (Å²) in [6.45, 7) is 3.76. The average Bonchev–Trinajstić information content (AvgIpc) is 2.92. The molecule has 0 saturated carbocycles. The molecule has 1 fully saturated rings. The second kappa shape index (κ2) is 6.00. The molecule has 1 aliphatic rings. The molecule has 3 rings (SSSR count). The predicted molar refractivity (Wildman–Crippen MR) is 86.7 cm³/mol. The van der Waals surface area contributed by atoms with Crippen molar-refractivity contribution in [2.24, 2.45) is 0 Å². The van der Waals surface area contributed by atoms with Crippen molar-refractivity contribution in [3.63, 3.8) is 0 Å². The zero-order valence-electron chi connectivity index (χ0n) is 13.0. The minimum absolute atomic E-state index is 0.253. The number of pyridine rings is 1. The fourth-order valence-corrected chi connectivity index (χ4v) is 3.16. The highest BCUT2D eigenvalue weighted by Crippen LogP contribution is 2.29. The van der Waals surface area contributed by atoms with E-state index in [4.69, 9.17) is 9.72 Å². The van der Waals surface area contributed by atoms with E-state index in [9.17, 15) is 0 Å². The Hall–Kier alpha value is -1.65. The maximum atomic E-state index is 5.72. The first-order valence-corrected chi connectivity index (χ1v) is 7.58. The lowest BCUT2D eigenvalue weighted by Gasteiger charge is -2.29. The minimum Gasteiger partial charge on any atom is -0.376 e. The van der Waals surface area contributed by atoms with E-state index in [1.807, 2.05) is 7.05 Å². The summed E-state index contributed by atoms with van der Waals surface area (Å²) in [7, 11) is 4.08. The van der Waals surface area contributed by atoms with Gasteiger partial charge in [0.1, 0.15) is 5.82 Å². The molecule has 1 aromatic heterocycles. The van der Waals surface area contributed by atoms with E-state index in [0.717, 1.165) is 31.1 Å². The van der Waals surface area contributed by atoms with Gasteiger partial charge in [0.05, 0.1) is 17.8 Å². The van der Waals surface area contributed by atoms with Crippen molar-refractivity contribution >= 4 is 16.6 Å². The van der Waals surface area contributed by atoms with Crippen molar-refractivity contribution in [3.8, 4) is 0 Å². The van der Waals surface area contributed by atoms with Gasteiger partial charge in [0.25, 0.3) is 0 Å². The van der Waals surface area contributed by atoms with E-state index in [1.165, 1.54) is 10.8 Å². The van der Waals surface area contributed by atoms with Crippen molar-refractivity contribution in [1.82, 2.24) is 10.3 Å². The lowest BCUT2D eigenvalue weighted by Crippen LogP contribution is -2.37. The largest absolute Gasteiger partial charge is 0.376 e. The van der Waals surface area contributed by atoms with Crippen LogP contribution in [-0.2, 0) is 11.3 Å². The number of hydrogen-bond donors (Lipinski definition) is 1. The topological polar surface area (TPSA) is 37.4 Å². The van der Waals surface area contributed by atoms with Gasteiger partial charge in [-0.05, 0) is 31.8 Å². The molecule has 0 aliphatic carbocycles. The fraction of sp³-hybridized carbons (Fsp3) is 0.471. The third kappa shape index (κ3) is 2.74. The minimum atomic E-state index is 0.253. The summed E-state index contributed by atoms with van der Waals surface area (Å²) in [5.74, 6) is 1.06. The SMILES string of the molecule is CNCc1cc2ccccc2c(N(C)C2CCOC2C)n1. The normalized spacial score (nSPS) is 21.9. The molecule has 4 heteroatoms. The first-order valence-electron chi connectivity index (χ1n) is 7.58. The second-order valence-corrected chi connectivity index (χ2v) is 5.73. The molecule has 1 saturated heterocycles. The zero-order chi connectivity index (χ0) is 14.8. The lowest BCUT2D eigenvalue weighted by molar-refractivity contribution is 0.118. The molecule has 1 aromatic carbocycles. The molecule has 0 radical (unpaired) electrons. The van der Waals surface area contributed by atoms with Crippen LogP contribution >= 0.6 is 0 Å². The number of anilines is 1. The summed E-state index contributed by atoms with van der Waals surface area (Å²) in [5.41, 5.74) is 1.07. The Bertz CT molecular complexity index is 628. The third-order valence-electron chi connectivity index (χ3n) is 4.30. The summed E-state index contributed by atoms with van der Waals surface area (Å²) in [4.78, 5) is 7.17. The standard InChI is InChI=1S/C17H23N3O/c1-12-16(8-9-21-12)20(3)17-15-7-5-4-6-13(15)10-14(19-17)11-18-2/h4-7,10,12,16,18H,8-9,11H2,1-3H3. The van der Waals surface area contributed by atoms with Crippen LogP contribution in [0.3, 0.4) is 0 Å². The number of nitrogens with zero attached hydrogens (tertiary/aromatic N) is 2. The molecule has 0 bridgehead atoms. The molecule has 0 amide bonds. The van der Waals surface area contributed by atoms with Crippen molar-refractivity contribution in [1.29, 1.82) is 0 Å². The number of ether oxygens (including phenoxy) is 1. The molecule has 1 aliphatic heterocycles. The molecule has 2 atom stereocenters. The summed E-state index contributed by atoms with van der Waals surface area (Å²) < 4.78 is 5.72. The Morgan fingerprint density at radius 2 is 2.19 bits per heavy atom. The van der Waals surface area contributed by atoms with E-state index in [2.05, 4.69) is 54.5 Å². The molecule has 2 heterocycles. The molecular formula is C17H23N3O. The van der Waals surface area contributed by atoms with Crippen LogP contribution in [0.4, 0.5) is 5.82 Å². The predicted octanol–water partition coefficient (Wildman–Crippen LogP) is 2.57. The first kappa shape index (κ1) is 14.3. The zero-order valence-corrected chi connectivity index (χ0v) is 13.0. The van der Waals surface area contributed by atoms with Crippen molar-refractivity contribution in [2.45, 2.75) is 32.0 Å². The number of hydrogen-bond acceptors (Lipinski definition) is 4. The van der Waals surface area contributed by atoms with Crippen molar-refractivity contribution in [3.05, 3.63) is 36.0 Å². The van der Waals surface area contributed by atoms with Crippen LogP contribution in [0, 0.1) is 0 Å². The van der Waals surface area contributed by atoms with Crippen LogP contribution in [0.25, 0.3) is 10.8 Å². The average molecular weight is 285 g/mol. The Labute approximate surface area is 126 Å². The van der Waals surface area contributed by atoms with Gasteiger partial charge in [0.2, 0.25) is 0 Å². The van der Waals surface area contributed by atoms with Crippen LogP contribution in [0.2, 0.25) is 0 Å². The summed E-state index contributed by atoms with van der Waals surface area (Å²) in [6.07, 6.45) is 1.31. The van der Waals surface area contributed by atoms with Gasteiger partial charge in [-0.1, -0.05) is 24.3 Å². The molecule has 112 valence electrons. The fourth-order valence-electron chi connectivity index (χ4n) is 3.16. The number of benzene rings is 1. The molecule has 2 unspecified atom stereocenters. The quantitative estimate of drug-likeness (QED) is 0.937. The number of aromatic nitrogens is 1. The highest BCUT2D eigenvalue weighted by atomic mass is 16.5. The number of nitrogens with one attached hydrogen (secondary N) is 1. The van der Waals surface area contributed by atoms with Gasteiger partial charge in [-0.2, -0.15) is 0 Å². The molecule has 1 N–H and O–H groups in total. The van der Waals surface area contributed by atoms with Crippen LogP contribution in [0.5, 0.6) is 0 Å². The number of likely N-dealkylation sites (N-methyl/N-ethyl adjacent to an activating group) is 1. The summed E-state index contributed by atoms with van der Waals surface area (Å²) in [6, 6.07) is 11.0. The van der Waals surface area contributed by atoms with Gasteiger partial charge in [0.15, 0.2) is 0 Å². The van der Waals surface area contributed by atoms with Gasteiger partial charge in [-0.25, -0.2) is 4.98 Å². The van der Waals surface area contributed by atoms with Crippen molar-refractivity contribution in [2.75, 3.05) is 25.6 Å². The van der Waals surface area contributed by atoms with Crippen molar-refractivity contribution < 1.29 is 4.74 Å². The van der Waals surface area contributed by atoms with Gasteiger partial charge < -0.3 is 15.0 Å². The smallest absolute Gasteiger partial charge is 0.136 e. The first-order chi connectivity index (χ1) is 10.2. The maximum absolute atomic E-state index is 5.72. The molecule has 2 aromatic rings. The van der Waals surface area contributed by atoms with E-state index in [0.29, 0.717) is 6.04 Å². The second-order valence-electron chi connectivity index (χ2n) is 5.73. The van der Waals surface area contributed by atoms with Crippen LogP contribution in [-0.4, -0.2) is 37.8 Å². The van der Waals surface area contributed by atoms with Crippen LogP contribution in [0.1, 0.15) is 19.0 Å². The lowest BCUT2D eigenvalue weighted by atomic mass is 10.1. The highest BCUT2D eigenvalue weighted by Gasteiger charge is 2.29. The van der Waals surface area contributed by atoms with Gasteiger partial charge in [-0.3, -0.25) is 0 Å². The Kier molecular flexibility index (Phi) is 4.08. The van der Waals surface area contributed by atoms with Crippen LogP contribution < -0.4 is 10.2 Å². The highest BCUT2D eigenvalue weighted by molar-refractivity contribution is 5.92. The van der Waals surface area contributed by atoms with E-state index in [-0.39, 0.29) is 6.10 Å². The Morgan fingerprint density at radius 3 is 2.90 bits per heavy atom. The van der Waals surface area contributed by atoms with Gasteiger partial charge >= 0.3 is 0 Å². The molecular weight excluding hydrogens is 262 g/mol. The molecule has 21 heavy (non-hydrogen) atoms. The maximum Gasteiger partial charge on any atom is 0.136 e. The van der Waals surface area contributed by atoms with Gasteiger partial charge in [-0.15, -0.1) is 0 Å². The number of fused-ring (bicyclic) bond motifs is 1. The monoisotopic (exact) mass is 285 g/mol. The summed E-state index contributed by atoms with van der Waals surface area (Å²) >= 11 is 0. The van der Waals surface area contributed by atoms with Crippen LogP contribution in [0.15, 0.2) is 30.3 Å². The summed E-state index contributed by atoms with van der Waals surface area (Å²) in [5, 5.41) is 5.64. The number of rotatable bonds is 4. The third-order valence-corrected chi connectivity index (χ3v) is 4.30. The van der Waals surface area contributed by atoms with E-state index < -0.39 is 0 Å². The molecule has 4 nitrogen and oxygen atoms in total. The Morgan fingerprint density at radius 1 is 1.38 bits per heavy atom. The van der Waals surface area contributed by atoms with E-state index in [1.54, 1.807) is 0 Å². The Balaban J connectivity index is 2.06. The molecule has 0 spiro atoms. The van der Waals surface area contributed by atoms with Gasteiger partial charge in [0, 0.05) is 25.6 Å². The van der Waals surface area contributed by atoms with E-state index >= 15 is 0 Å².